The molecule has 148 valence electrons. The fraction of sp³-hybridized carbons (Fsp3) is 0.300. The predicted octanol–water partition coefficient (Wildman–Crippen LogP) is 5.48. The van der Waals surface area contributed by atoms with Gasteiger partial charge in [0.05, 0.1) is 17.0 Å². The molecule has 8 heteroatoms. The maximum absolute atomic E-state index is 12.8. The minimum Gasteiger partial charge on any atom is -0.350 e. The zero-order chi connectivity index (χ0) is 20.6. The fourth-order valence-electron chi connectivity index (χ4n) is 3.33. The number of anilines is 1. The van der Waals surface area contributed by atoms with Crippen LogP contribution < -0.4 is 10.7 Å². The van der Waals surface area contributed by atoms with E-state index in [2.05, 4.69) is 5.10 Å². The van der Waals surface area contributed by atoms with Crippen LogP contribution in [0.25, 0.3) is 0 Å². The van der Waals surface area contributed by atoms with Crippen molar-refractivity contribution in [3.8, 4) is 0 Å². The van der Waals surface area contributed by atoms with Crippen molar-refractivity contribution >= 4 is 29.0 Å². The van der Waals surface area contributed by atoms with Crippen molar-refractivity contribution < 1.29 is 18.0 Å². The van der Waals surface area contributed by atoms with Crippen LogP contribution in [-0.2, 0) is 12.6 Å². The molecule has 4 nitrogen and oxygen atoms in total. The Labute approximate surface area is 165 Å². The number of hydrazone groups is 1. The number of carbonyl (C=O) groups is 1. The Bertz CT molecular complexity index is 923. The molecule has 2 amide bonds. The van der Waals surface area contributed by atoms with Crippen molar-refractivity contribution in [2.24, 2.45) is 22.7 Å². The molecule has 0 aromatic heterocycles. The number of hydrogen-bond donors (Lipinski definition) is 1. The zero-order valence-electron chi connectivity index (χ0n) is 15.3. The monoisotopic (exact) mass is 409 g/mol. The molecule has 28 heavy (non-hydrogen) atoms. The number of halogens is 4. The minimum atomic E-state index is -4.46. The summed E-state index contributed by atoms with van der Waals surface area (Å²) >= 11 is 6.09. The maximum atomic E-state index is 12.8. The highest BCUT2D eigenvalue weighted by Gasteiger charge is 2.33. The molecule has 1 atom stereocenters. The van der Waals surface area contributed by atoms with Gasteiger partial charge in [-0.05, 0) is 54.3 Å². The van der Waals surface area contributed by atoms with Gasteiger partial charge >= 0.3 is 12.2 Å². The Morgan fingerprint density at radius 2 is 1.86 bits per heavy atom. The third-order valence-electron chi connectivity index (χ3n) is 4.79. The van der Waals surface area contributed by atoms with E-state index in [1.54, 1.807) is 6.07 Å². The van der Waals surface area contributed by atoms with E-state index in [0.717, 1.165) is 28.3 Å². The van der Waals surface area contributed by atoms with Crippen molar-refractivity contribution in [3.63, 3.8) is 0 Å². The Balaban J connectivity index is 2.05. The van der Waals surface area contributed by atoms with Gasteiger partial charge in [0.25, 0.3) is 0 Å². The number of benzene rings is 2. The van der Waals surface area contributed by atoms with Crippen LogP contribution in [0.5, 0.6) is 0 Å². The first-order chi connectivity index (χ1) is 13.1. The smallest absolute Gasteiger partial charge is 0.350 e. The van der Waals surface area contributed by atoms with E-state index in [-0.39, 0.29) is 17.5 Å². The number of amides is 2. The van der Waals surface area contributed by atoms with E-state index in [9.17, 15) is 18.0 Å². The van der Waals surface area contributed by atoms with Crippen LogP contribution in [0.15, 0.2) is 47.6 Å². The second-order valence-corrected chi connectivity index (χ2v) is 7.47. The lowest BCUT2D eigenvalue weighted by atomic mass is 9.91. The number of nitrogens with zero attached hydrogens (tertiary/aromatic N) is 2. The normalized spacial score (nSPS) is 17.8. The van der Waals surface area contributed by atoms with Gasteiger partial charge in [0.1, 0.15) is 0 Å². The number of rotatable bonds is 3. The van der Waals surface area contributed by atoms with E-state index < -0.39 is 17.8 Å². The van der Waals surface area contributed by atoms with Crippen molar-refractivity contribution in [3.05, 3.63) is 64.2 Å². The van der Waals surface area contributed by atoms with Gasteiger partial charge in [0, 0.05) is 16.5 Å². The molecular weight excluding hydrogens is 391 g/mol. The molecule has 2 N–H and O–H groups in total. The second kappa shape index (κ2) is 7.47. The van der Waals surface area contributed by atoms with E-state index in [4.69, 9.17) is 17.3 Å². The lowest BCUT2D eigenvalue weighted by Gasteiger charge is -2.21. The molecule has 0 heterocycles. The van der Waals surface area contributed by atoms with Gasteiger partial charge in [-0.25, -0.2) is 4.79 Å². The summed E-state index contributed by atoms with van der Waals surface area (Å²) in [5, 5.41) is 6.01. The van der Waals surface area contributed by atoms with Gasteiger partial charge in [0.15, 0.2) is 0 Å². The van der Waals surface area contributed by atoms with Crippen LogP contribution in [0.4, 0.5) is 23.7 Å². The van der Waals surface area contributed by atoms with Crippen LogP contribution >= 0.6 is 11.6 Å². The first-order valence-electron chi connectivity index (χ1n) is 8.72. The third-order valence-corrected chi connectivity index (χ3v) is 5.03. The van der Waals surface area contributed by atoms with Crippen molar-refractivity contribution in [2.45, 2.75) is 26.4 Å². The Hall–Kier alpha value is -2.54. The Kier molecular flexibility index (Phi) is 5.39. The number of carbonyl (C=O) groups excluding carboxylic acids is 1. The molecule has 0 radical (unpaired) electrons. The molecule has 2 aromatic rings. The summed E-state index contributed by atoms with van der Waals surface area (Å²) in [5.74, 6) is 0.261. The van der Waals surface area contributed by atoms with E-state index >= 15 is 0 Å². The summed E-state index contributed by atoms with van der Waals surface area (Å²) in [6, 6.07) is 8.72. The summed E-state index contributed by atoms with van der Waals surface area (Å²) in [6.45, 7) is 4.08. The molecule has 0 fully saturated rings. The molecule has 1 unspecified atom stereocenters. The van der Waals surface area contributed by atoms with Gasteiger partial charge < -0.3 is 5.73 Å². The SMILES string of the molecule is CC(C)C1Cc2cc(Cl)ccc2/C1=N/N(C(N)=O)c1ccc(C(F)(F)F)cc1. The molecular formula is C20H19ClF3N3O. The maximum Gasteiger partial charge on any atom is 0.416 e. The van der Waals surface area contributed by atoms with Crippen LogP contribution in [0.3, 0.4) is 0 Å². The summed E-state index contributed by atoms with van der Waals surface area (Å²) in [4.78, 5) is 12.0. The number of hydrogen-bond acceptors (Lipinski definition) is 2. The van der Waals surface area contributed by atoms with E-state index in [0.29, 0.717) is 17.2 Å². The van der Waals surface area contributed by atoms with E-state index in [1.807, 2.05) is 26.0 Å². The van der Waals surface area contributed by atoms with Gasteiger partial charge in [-0.2, -0.15) is 23.3 Å². The zero-order valence-corrected chi connectivity index (χ0v) is 16.1. The number of fused-ring (bicyclic) bond motifs is 1. The molecule has 0 saturated heterocycles. The lowest BCUT2D eigenvalue weighted by Crippen LogP contribution is -2.33. The van der Waals surface area contributed by atoms with Gasteiger partial charge in [-0.15, -0.1) is 0 Å². The molecule has 1 aliphatic rings. The lowest BCUT2D eigenvalue weighted by molar-refractivity contribution is -0.137. The average molecular weight is 410 g/mol. The topological polar surface area (TPSA) is 58.7 Å². The summed E-state index contributed by atoms with van der Waals surface area (Å²) in [6.07, 6.45) is -3.75. The van der Waals surface area contributed by atoms with Gasteiger partial charge in [-0.3, -0.25) is 0 Å². The van der Waals surface area contributed by atoms with Crippen molar-refractivity contribution in [1.29, 1.82) is 0 Å². The molecule has 0 bridgehead atoms. The first-order valence-corrected chi connectivity index (χ1v) is 9.10. The summed E-state index contributed by atoms with van der Waals surface area (Å²) in [5.41, 5.74) is 7.37. The van der Waals surface area contributed by atoms with E-state index in [1.165, 1.54) is 12.1 Å². The minimum absolute atomic E-state index is 0.0322. The molecule has 0 spiro atoms. The molecule has 1 aliphatic carbocycles. The van der Waals surface area contributed by atoms with Crippen LogP contribution in [-0.4, -0.2) is 11.7 Å². The highest BCUT2D eigenvalue weighted by molar-refractivity contribution is 6.30. The summed E-state index contributed by atoms with van der Waals surface area (Å²) < 4.78 is 38.4. The predicted molar refractivity (Wildman–Crippen MR) is 104 cm³/mol. The number of nitrogens with two attached hydrogens (primary N) is 1. The number of alkyl halides is 3. The van der Waals surface area contributed by atoms with Gasteiger partial charge in [0.2, 0.25) is 0 Å². The van der Waals surface area contributed by atoms with Crippen LogP contribution in [0, 0.1) is 11.8 Å². The average Bonchev–Trinajstić information content (AvgIpc) is 2.96. The highest BCUT2D eigenvalue weighted by atomic mass is 35.5. The molecule has 2 aromatic carbocycles. The largest absolute Gasteiger partial charge is 0.416 e. The van der Waals surface area contributed by atoms with Crippen molar-refractivity contribution in [1.82, 2.24) is 0 Å². The highest BCUT2D eigenvalue weighted by Crippen LogP contribution is 2.35. The van der Waals surface area contributed by atoms with Gasteiger partial charge in [-0.1, -0.05) is 31.5 Å². The molecule has 3 rings (SSSR count). The first kappa shape index (κ1) is 20.2. The molecule has 0 saturated carbocycles. The third kappa shape index (κ3) is 3.99. The van der Waals surface area contributed by atoms with Crippen LogP contribution in [0.2, 0.25) is 5.02 Å². The quantitative estimate of drug-likeness (QED) is 0.671. The number of primary amides is 1. The molecule has 0 aliphatic heterocycles. The fourth-order valence-corrected chi connectivity index (χ4v) is 3.52. The van der Waals surface area contributed by atoms with Crippen molar-refractivity contribution in [2.75, 3.05) is 5.01 Å². The van der Waals surface area contributed by atoms with Crippen LogP contribution in [0.1, 0.15) is 30.5 Å². The Morgan fingerprint density at radius 3 is 2.39 bits per heavy atom. The summed E-state index contributed by atoms with van der Waals surface area (Å²) in [7, 11) is 0. The standard InChI is InChI=1S/C20H19ClF3N3O/c1-11(2)17-10-12-9-14(21)5-8-16(12)18(17)26-27(19(25)28)15-6-3-13(4-7-15)20(22,23)24/h3-9,11,17H,10H2,1-2H3,(H2,25,28)/b26-18-. The second-order valence-electron chi connectivity index (χ2n) is 7.04. The Morgan fingerprint density at radius 1 is 1.21 bits per heavy atom. The number of urea groups is 1.